The summed E-state index contributed by atoms with van der Waals surface area (Å²) < 4.78 is 86.0. The molecule has 0 radical (unpaired) electrons. The molecule has 11 heteroatoms. The quantitative estimate of drug-likeness (QED) is 0.853. The Morgan fingerprint density at radius 3 is 2.00 bits per heavy atom. The summed E-state index contributed by atoms with van der Waals surface area (Å²) in [5.74, 6) is -1.06. The molecule has 0 aromatic heterocycles. The van der Waals surface area contributed by atoms with Gasteiger partial charge in [-0.1, -0.05) is 18.2 Å². The maximum atomic E-state index is 12.6. The number of rotatable bonds is 4. The van der Waals surface area contributed by atoms with Crippen LogP contribution >= 0.6 is 0 Å². The topological polar surface area (TPSA) is 111 Å². The first-order valence-corrected chi connectivity index (χ1v) is 9.41. The molecule has 2 rings (SSSR count). The van der Waals surface area contributed by atoms with Crippen molar-refractivity contribution in [1.29, 1.82) is 0 Å². The van der Waals surface area contributed by atoms with Crippen molar-refractivity contribution < 1.29 is 34.8 Å². The lowest BCUT2D eigenvalue weighted by Crippen LogP contribution is -2.23. The molecule has 0 saturated carbocycles. The number of amides is 1. The first-order valence-electron chi connectivity index (χ1n) is 6.44. The Labute approximate surface area is 140 Å². The highest BCUT2D eigenvalue weighted by Gasteiger charge is 2.47. The van der Waals surface area contributed by atoms with Crippen molar-refractivity contribution in [2.45, 2.75) is 20.2 Å². The predicted molar refractivity (Wildman–Crippen MR) is 80.1 cm³/mol. The molecule has 0 heterocycles. The van der Waals surface area contributed by atoms with Crippen LogP contribution in [0, 0.1) is 0 Å². The van der Waals surface area contributed by atoms with Gasteiger partial charge in [0.1, 0.15) is 0 Å². The van der Waals surface area contributed by atoms with Crippen molar-refractivity contribution in [3.05, 3.63) is 54.1 Å². The summed E-state index contributed by atoms with van der Waals surface area (Å²) in [6, 6.07) is 7.60. The minimum Gasteiger partial charge on any atom is -0.366 e. The van der Waals surface area contributed by atoms with Crippen LogP contribution in [0.15, 0.2) is 63.2 Å². The molecule has 134 valence electrons. The zero-order valence-electron chi connectivity index (χ0n) is 12.2. The van der Waals surface area contributed by atoms with Gasteiger partial charge in [-0.25, -0.2) is 16.8 Å². The number of carbonyl (C=O) groups is 1. The molecule has 6 nitrogen and oxygen atoms in total. The van der Waals surface area contributed by atoms with Gasteiger partial charge in [-0.3, -0.25) is 4.79 Å². The number of hydrogen-bond donors (Lipinski definition) is 1. The zero-order valence-corrected chi connectivity index (χ0v) is 13.8. The lowest BCUT2D eigenvalue weighted by atomic mass is 10.2. The minimum absolute atomic E-state index is 0.369. The van der Waals surface area contributed by atoms with Gasteiger partial charge in [-0.2, -0.15) is 13.2 Å². The summed E-state index contributed by atoms with van der Waals surface area (Å²) in [4.78, 5) is 8.89. The molecule has 25 heavy (non-hydrogen) atoms. The lowest BCUT2D eigenvalue weighted by Gasteiger charge is -2.11. The highest BCUT2D eigenvalue weighted by Crippen LogP contribution is 2.32. The summed E-state index contributed by atoms with van der Waals surface area (Å²) in [7, 11) is -10.2. The second-order valence-electron chi connectivity index (χ2n) is 4.79. The molecule has 0 aliphatic carbocycles. The van der Waals surface area contributed by atoms with E-state index in [1.807, 2.05) is 0 Å². The van der Waals surface area contributed by atoms with Crippen LogP contribution in [0.25, 0.3) is 0 Å². The lowest BCUT2D eigenvalue weighted by molar-refractivity contribution is -0.0436. The summed E-state index contributed by atoms with van der Waals surface area (Å²) in [5, 5.41) is 0. The average Bonchev–Trinajstić information content (AvgIpc) is 2.54. The van der Waals surface area contributed by atoms with Crippen molar-refractivity contribution in [1.82, 2.24) is 0 Å². The standard InChI is InChI=1S/C14H10F3NO5S2/c15-14(16,17)25(22,23)10-5-3-4-9(8-10)24(20,21)12-7-2-1-6-11(12)13(18)19/h1-8H,(H2,18,19). The first-order chi connectivity index (χ1) is 11.4. The van der Waals surface area contributed by atoms with Gasteiger partial charge in [0.2, 0.25) is 15.7 Å². The van der Waals surface area contributed by atoms with Gasteiger partial charge < -0.3 is 5.73 Å². The van der Waals surface area contributed by atoms with Crippen molar-refractivity contribution in [2.75, 3.05) is 0 Å². The van der Waals surface area contributed by atoms with Crippen LogP contribution in [0.5, 0.6) is 0 Å². The van der Waals surface area contributed by atoms with Gasteiger partial charge in [0.25, 0.3) is 9.84 Å². The third-order valence-electron chi connectivity index (χ3n) is 3.17. The maximum Gasteiger partial charge on any atom is 0.501 e. The van der Waals surface area contributed by atoms with Crippen LogP contribution < -0.4 is 5.73 Å². The molecule has 0 unspecified atom stereocenters. The molecule has 0 spiro atoms. The highest BCUT2D eigenvalue weighted by atomic mass is 32.2. The van der Waals surface area contributed by atoms with E-state index in [1.54, 1.807) is 0 Å². The summed E-state index contributed by atoms with van der Waals surface area (Å²) in [6.45, 7) is 0. The Hall–Kier alpha value is -2.40. The predicted octanol–water partition coefficient (Wildman–Crippen LogP) is 1.91. The number of halogens is 3. The van der Waals surface area contributed by atoms with E-state index in [9.17, 15) is 34.8 Å². The van der Waals surface area contributed by atoms with E-state index in [0.717, 1.165) is 24.3 Å². The Morgan fingerprint density at radius 2 is 1.44 bits per heavy atom. The molecule has 2 N–H and O–H groups in total. The highest BCUT2D eigenvalue weighted by molar-refractivity contribution is 7.92. The van der Waals surface area contributed by atoms with E-state index >= 15 is 0 Å². The van der Waals surface area contributed by atoms with E-state index < -0.39 is 45.8 Å². The van der Waals surface area contributed by atoms with Gasteiger partial charge in [-0.05, 0) is 30.3 Å². The monoisotopic (exact) mass is 393 g/mol. The van der Waals surface area contributed by atoms with Gasteiger partial charge in [0.15, 0.2) is 0 Å². The molecule has 0 aliphatic rings. The van der Waals surface area contributed by atoms with Crippen molar-refractivity contribution >= 4 is 25.6 Å². The van der Waals surface area contributed by atoms with Gasteiger partial charge in [-0.15, -0.1) is 0 Å². The summed E-state index contributed by atoms with van der Waals surface area (Å²) in [5.41, 5.74) is -0.854. The number of benzene rings is 2. The first kappa shape index (κ1) is 18.9. The molecule has 0 aliphatic heterocycles. The van der Waals surface area contributed by atoms with Crippen LogP contribution in [0.4, 0.5) is 13.2 Å². The molecular formula is C14H10F3NO5S2. The molecule has 1 amide bonds. The Bertz CT molecular complexity index is 1040. The summed E-state index contributed by atoms with van der Waals surface area (Å²) >= 11 is 0. The van der Waals surface area contributed by atoms with E-state index in [1.165, 1.54) is 12.1 Å². The summed E-state index contributed by atoms with van der Waals surface area (Å²) in [6.07, 6.45) is 0. The molecule has 0 bridgehead atoms. The molecule has 0 fully saturated rings. The van der Waals surface area contributed by atoms with Crippen LogP contribution in [0.2, 0.25) is 0 Å². The maximum absolute atomic E-state index is 12.6. The third kappa shape index (κ3) is 3.37. The minimum atomic E-state index is -5.72. The molecule has 2 aromatic rings. The smallest absolute Gasteiger partial charge is 0.366 e. The largest absolute Gasteiger partial charge is 0.501 e. The number of carbonyl (C=O) groups excluding carboxylic acids is 1. The van der Waals surface area contributed by atoms with Crippen LogP contribution in [-0.2, 0) is 19.7 Å². The van der Waals surface area contributed by atoms with Crippen LogP contribution in [0.1, 0.15) is 10.4 Å². The number of nitrogens with two attached hydrogens (primary N) is 1. The fourth-order valence-corrected chi connectivity index (χ4v) is 4.37. The van der Waals surface area contributed by atoms with Crippen molar-refractivity contribution in [3.63, 3.8) is 0 Å². The van der Waals surface area contributed by atoms with Gasteiger partial charge in [0.05, 0.1) is 20.2 Å². The van der Waals surface area contributed by atoms with Gasteiger partial charge in [0, 0.05) is 0 Å². The van der Waals surface area contributed by atoms with E-state index in [-0.39, 0.29) is 5.56 Å². The fourth-order valence-electron chi connectivity index (χ4n) is 1.97. The Morgan fingerprint density at radius 1 is 0.880 bits per heavy atom. The van der Waals surface area contributed by atoms with E-state index in [4.69, 9.17) is 5.73 Å². The third-order valence-corrected chi connectivity index (χ3v) is 6.47. The van der Waals surface area contributed by atoms with E-state index in [2.05, 4.69) is 0 Å². The van der Waals surface area contributed by atoms with E-state index in [0.29, 0.717) is 12.1 Å². The van der Waals surface area contributed by atoms with Crippen LogP contribution in [-0.4, -0.2) is 28.3 Å². The molecule has 2 aromatic carbocycles. The van der Waals surface area contributed by atoms with Crippen molar-refractivity contribution in [3.8, 4) is 0 Å². The van der Waals surface area contributed by atoms with Gasteiger partial charge >= 0.3 is 5.51 Å². The fraction of sp³-hybridized carbons (Fsp3) is 0.0714. The SMILES string of the molecule is NC(=O)c1ccccc1S(=O)(=O)c1cccc(S(=O)(=O)C(F)(F)F)c1. The molecular weight excluding hydrogens is 383 g/mol. The average molecular weight is 393 g/mol. The number of hydrogen-bond acceptors (Lipinski definition) is 5. The number of primary amides is 1. The second kappa shape index (κ2) is 6.15. The zero-order chi connectivity index (χ0) is 19.0. The number of alkyl halides is 3. The Kier molecular flexibility index (Phi) is 4.66. The Balaban J connectivity index is 2.69. The van der Waals surface area contributed by atoms with Crippen LogP contribution in [0.3, 0.4) is 0 Å². The number of sulfone groups is 2. The molecule has 0 saturated heterocycles. The normalized spacial score (nSPS) is 12.8. The van der Waals surface area contributed by atoms with Crippen molar-refractivity contribution in [2.24, 2.45) is 5.73 Å². The molecule has 0 atom stereocenters. The second-order valence-corrected chi connectivity index (χ2v) is 8.65.